The Hall–Kier alpha value is -1.32. The van der Waals surface area contributed by atoms with Gasteiger partial charge in [0.1, 0.15) is 18.0 Å². The van der Waals surface area contributed by atoms with Gasteiger partial charge in [-0.15, -0.1) is 0 Å². The van der Waals surface area contributed by atoms with Crippen molar-refractivity contribution in [1.82, 2.24) is 9.97 Å². The lowest BCUT2D eigenvalue weighted by Crippen LogP contribution is -2.44. The van der Waals surface area contributed by atoms with E-state index in [4.69, 9.17) is 0 Å². The highest BCUT2D eigenvalue weighted by molar-refractivity contribution is 5.59. The SMILES string of the molecule is CCC1(Nc2ncnc(NC)c2C(C)C)CCC1. The third kappa shape index (κ3) is 2.28. The normalized spacial score (nSPS) is 17.4. The number of nitrogens with zero attached hydrogens (tertiary/aromatic N) is 2. The maximum absolute atomic E-state index is 4.46. The van der Waals surface area contributed by atoms with Crippen molar-refractivity contribution in [3.8, 4) is 0 Å². The smallest absolute Gasteiger partial charge is 0.135 e. The van der Waals surface area contributed by atoms with Crippen molar-refractivity contribution in [2.75, 3.05) is 17.7 Å². The van der Waals surface area contributed by atoms with Crippen molar-refractivity contribution in [1.29, 1.82) is 0 Å². The minimum Gasteiger partial charge on any atom is -0.373 e. The second-order valence-electron chi connectivity index (χ2n) is 5.50. The molecule has 1 heterocycles. The van der Waals surface area contributed by atoms with Gasteiger partial charge in [0.25, 0.3) is 0 Å². The van der Waals surface area contributed by atoms with Crippen molar-refractivity contribution in [2.45, 2.75) is 57.9 Å². The van der Waals surface area contributed by atoms with Gasteiger partial charge in [0.2, 0.25) is 0 Å². The van der Waals surface area contributed by atoms with Crippen LogP contribution in [0.15, 0.2) is 6.33 Å². The molecule has 2 N–H and O–H groups in total. The van der Waals surface area contributed by atoms with Gasteiger partial charge >= 0.3 is 0 Å². The van der Waals surface area contributed by atoms with Crippen LogP contribution in [0.25, 0.3) is 0 Å². The van der Waals surface area contributed by atoms with Gasteiger partial charge in [-0.25, -0.2) is 9.97 Å². The molecule has 0 amide bonds. The summed E-state index contributed by atoms with van der Waals surface area (Å²) in [5.74, 6) is 2.35. The van der Waals surface area contributed by atoms with Gasteiger partial charge in [-0.1, -0.05) is 20.8 Å². The van der Waals surface area contributed by atoms with E-state index in [-0.39, 0.29) is 5.54 Å². The second kappa shape index (κ2) is 5.12. The molecule has 1 aromatic heterocycles. The predicted octanol–water partition coefficient (Wildman–Crippen LogP) is 3.39. The minimum absolute atomic E-state index is 0.267. The molecule has 4 nitrogen and oxygen atoms in total. The molecule has 100 valence electrons. The van der Waals surface area contributed by atoms with Crippen LogP contribution in [0, 0.1) is 0 Å². The number of hydrogen-bond acceptors (Lipinski definition) is 4. The summed E-state index contributed by atoms with van der Waals surface area (Å²) < 4.78 is 0. The average molecular weight is 248 g/mol. The van der Waals surface area contributed by atoms with Crippen molar-refractivity contribution in [3.05, 3.63) is 11.9 Å². The molecule has 0 spiro atoms. The summed E-state index contributed by atoms with van der Waals surface area (Å²) in [5.41, 5.74) is 1.46. The van der Waals surface area contributed by atoms with E-state index in [9.17, 15) is 0 Å². The summed E-state index contributed by atoms with van der Waals surface area (Å²) in [6.07, 6.45) is 6.62. The lowest BCUT2D eigenvalue weighted by atomic mass is 9.74. The Kier molecular flexibility index (Phi) is 3.73. The first-order valence-corrected chi connectivity index (χ1v) is 6.92. The highest BCUT2D eigenvalue weighted by Crippen LogP contribution is 2.39. The fourth-order valence-corrected chi connectivity index (χ4v) is 2.66. The predicted molar refractivity (Wildman–Crippen MR) is 76.2 cm³/mol. The zero-order valence-corrected chi connectivity index (χ0v) is 11.9. The van der Waals surface area contributed by atoms with Gasteiger partial charge in [-0.3, -0.25) is 0 Å². The lowest BCUT2D eigenvalue weighted by molar-refractivity contribution is 0.268. The molecule has 0 radical (unpaired) electrons. The third-order valence-corrected chi connectivity index (χ3v) is 4.07. The quantitative estimate of drug-likeness (QED) is 0.838. The molecule has 0 aromatic carbocycles. The van der Waals surface area contributed by atoms with Crippen LogP contribution in [0.5, 0.6) is 0 Å². The fourth-order valence-electron chi connectivity index (χ4n) is 2.66. The maximum Gasteiger partial charge on any atom is 0.135 e. The summed E-state index contributed by atoms with van der Waals surface area (Å²) in [6, 6.07) is 0. The fraction of sp³-hybridized carbons (Fsp3) is 0.714. The van der Waals surface area contributed by atoms with Crippen LogP contribution < -0.4 is 10.6 Å². The van der Waals surface area contributed by atoms with E-state index < -0.39 is 0 Å². The van der Waals surface area contributed by atoms with E-state index in [0.717, 1.165) is 18.1 Å². The molecule has 1 aliphatic rings. The van der Waals surface area contributed by atoms with Gasteiger partial charge in [0, 0.05) is 18.2 Å². The Morgan fingerprint density at radius 3 is 2.39 bits per heavy atom. The number of anilines is 2. The van der Waals surface area contributed by atoms with E-state index in [2.05, 4.69) is 41.4 Å². The molecule has 0 bridgehead atoms. The van der Waals surface area contributed by atoms with E-state index in [1.807, 2.05) is 7.05 Å². The third-order valence-electron chi connectivity index (χ3n) is 4.07. The molecular formula is C14H24N4. The molecular weight excluding hydrogens is 224 g/mol. The minimum atomic E-state index is 0.267. The molecule has 1 saturated carbocycles. The molecule has 0 aliphatic heterocycles. The topological polar surface area (TPSA) is 49.8 Å². The van der Waals surface area contributed by atoms with Crippen LogP contribution in [0.2, 0.25) is 0 Å². The Morgan fingerprint density at radius 2 is 1.94 bits per heavy atom. The van der Waals surface area contributed by atoms with E-state index in [1.165, 1.54) is 24.8 Å². The van der Waals surface area contributed by atoms with Crippen LogP contribution in [0.3, 0.4) is 0 Å². The van der Waals surface area contributed by atoms with Crippen LogP contribution in [-0.2, 0) is 0 Å². The molecule has 0 unspecified atom stereocenters. The monoisotopic (exact) mass is 248 g/mol. The van der Waals surface area contributed by atoms with E-state index >= 15 is 0 Å². The summed E-state index contributed by atoms with van der Waals surface area (Å²) in [7, 11) is 1.91. The van der Waals surface area contributed by atoms with Gasteiger partial charge in [0.15, 0.2) is 0 Å². The molecule has 1 aliphatic carbocycles. The van der Waals surface area contributed by atoms with E-state index in [0.29, 0.717) is 5.92 Å². The lowest BCUT2D eigenvalue weighted by Gasteiger charge is -2.43. The summed E-state index contributed by atoms with van der Waals surface area (Å²) >= 11 is 0. The number of hydrogen-bond donors (Lipinski definition) is 2. The van der Waals surface area contributed by atoms with Crippen molar-refractivity contribution in [2.24, 2.45) is 0 Å². The molecule has 4 heteroatoms. The van der Waals surface area contributed by atoms with Crippen molar-refractivity contribution >= 4 is 11.6 Å². The first kappa shape index (κ1) is 13.1. The van der Waals surface area contributed by atoms with Crippen LogP contribution in [0.4, 0.5) is 11.6 Å². The molecule has 1 fully saturated rings. The Balaban J connectivity index is 2.32. The average Bonchev–Trinajstić information content (AvgIpc) is 2.33. The summed E-state index contributed by atoms with van der Waals surface area (Å²) in [5, 5.41) is 6.84. The summed E-state index contributed by atoms with van der Waals surface area (Å²) in [4.78, 5) is 8.78. The molecule has 18 heavy (non-hydrogen) atoms. The molecule has 1 aromatic rings. The van der Waals surface area contributed by atoms with Gasteiger partial charge in [-0.2, -0.15) is 0 Å². The van der Waals surface area contributed by atoms with Crippen LogP contribution in [0.1, 0.15) is 57.9 Å². The zero-order chi connectivity index (χ0) is 13.2. The molecule has 0 saturated heterocycles. The Labute approximate surface area is 110 Å². The molecule has 2 rings (SSSR count). The van der Waals surface area contributed by atoms with Crippen molar-refractivity contribution in [3.63, 3.8) is 0 Å². The van der Waals surface area contributed by atoms with Crippen LogP contribution >= 0.6 is 0 Å². The first-order valence-electron chi connectivity index (χ1n) is 6.92. The van der Waals surface area contributed by atoms with Gasteiger partial charge < -0.3 is 10.6 Å². The Morgan fingerprint density at radius 1 is 1.28 bits per heavy atom. The van der Waals surface area contributed by atoms with E-state index in [1.54, 1.807) is 6.33 Å². The summed E-state index contributed by atoms with van der Waals surface area (Å²) in [6.45, 7) is 6.62. The second-order valence-corrected chi connectivity index (χ2v) is 5.50. The number of rotatable bonds is 5. The molecule has 0 atom stereocenters. The zero-order valence-electron chi connectivity index (χ0n) is 11.9. The van der Waals surface area contributed by atoms with Gasteiger partial charge in [0.05, 0.1) is 0 Å². The van der Waals surface area contributed by atoms with Crippen molar-refractivity contribution < 1.29 is 0 Å². The number of aromatic nitrogens is 2. The maximum atomic E-state index is 4.46. The first-order chi connectivity index (χ1) is 8.62. The van der Waals surface area contributed by atoms with Gasteiger partial charge in [-0.05, 0) is 31.6 Å². The largest absolute Gasteiger partial charge is 0.373 e. The number of nitrogens with one attached hydrogen (secondary N) is 2. The standard InChI is InChI=1S/C14H24N4/c1-5-14(7-6-8-14)18-13-11(10(2)3)12(15-4)16-9-17-13/h9-10H,5-8H2,1-4H3,(H2,15,16,17,18). The highest BCUT2D eigenvalue weighted by atomic mass is 15.1. The Bertz CT molecular complexity index is 405. The van der Waals surface area contributed by atoms with Crippen LogP contribution in [-0.4, -0.2) is 22.6 Å². The highest BCUT2D eigenvalue weighted by Gasteiger charge is 2.36.